The van der Waals surface area contributed by atoms with E-state index in [9.17, 15) is 4.79 Å². The number of ether oxygens (including phenoxy) is 1. The molecule has 1 aliphatic carbocycles. The molecule has 19 heavy (non-hydrogen) atoms. The standard InChI is InChI=1S/C14H23N3O2/c1-8-13(14(18)17-10(3)15-8)9(2)16-11-6-5-7-12(11)19-4/h9,11-12,16H,5-7H2,1-4H3,(H,15,17,18). The normalized spacial score (nSPS) is 24.6. The van der Waals surface area contributed by atoms with Crippen LogP contribution in [-0.2, 0) is 4.74 Å². The lowest BCUT2D eigenvalue weighted by Crippen LogP contribution is -2.40. The molecule has 0 aliphatic heterocycles. The van der Waals surface area contributed by atoms with E-state index < -0.39 is 0 Å². The maximum absolute atomic E-state index is 12.1. The summed E-state index contributed by atoms with van der Waals surface area (Å²) in [5.41, 5.74) is 1.48. The van der Waals surface area contributed by atoms with Crippen LogP contribution in [0.2, 0.25) is 0 Å². The Labute approximate surface area is 113 Å². The second-order valence-electron chi connectivity index (χ2n) is 5.35. The van der Waals surface area contributed by atoms with E-state index in [4.69, 9.17) is 4.74 Å². The van der Waals surface area contributed by atoms with E-state index in [2.05, 4.69) is 15.3 Å². The van der Waals surface area contributed by atoms with Crippen molar-refractivity contribution < 1.29 is 4.74 Å². The number of hydrogen-bond donors (Lipinski definition) is 2. The van der Waals surface area contributed by atoms with Gasteiger partial charge in [-0.2, -0.15) is 0 Å². The minimum absolute atomic E-state index is 0.0161. The van der Waals surface area contributed by atoms with Gasteiger partial charge in [-0.1, -0.05) is 0 Å². The van der Waals surface area contributed by atoms with Crippen LogP contribution in [0.25, 0.3) is 0 Å². The van der Waals surface area contributed by atoms with Crippen LogP contribution in [0.3, 0.4) is 0 Å². The van der Waals surface area contributed by atoms with Crippen molar-refractivity contribution >= 4 is 0 Å². The molecule has 0 bridgehead atoms. The number of hydrogen-bond acceptors (Lipinski definition) is 4. The summed E-state index contributed by atoms with van der Waals surface area (Å²) in [5.74, 6) is 0.661. The van der Waals surface area contributed by atoms with Crippen molar-refractivity contribution in [1.29, 1.82) is 0 Å². The summed E-state index contributed by atoms with van der Waals surface area (Å²) in [6.07, 6.45) is 3.60. The molecule has 3 unspecified atom stereocenters. The second kappa shape index (κ2) is 5.84. The molecule has 0 saturated heterocycles. The number of rotatable bonds is 4. The third-order valence-electron chi connectivity index (χ3n) is 3.92. The van der Waals surface area contributed by atoms with E-state index in [1.165, 1.54) is 6.42 Å². The highest BCUT2D eigenvalue weighted by Crippen LogP contribution is 2.24. The average Bonchev–Trinajstić information content (AvgIpc) is 2.74. The van der Waals surface area contributed by atoms with Crippen LogP contribution in [0.1, 0.15) is 49.3 Å². The van der Waals surface area contributed by atoms with Crippen molar-refractivity contribution in [2.75, 3.05) is 7.11 Å². The first kappa shape index (κ1) is 14.2. The molecule has 0 aromatic carbocycles. The van der Waals surface area contributed by atoms with Gasteiger partial charge in [-0.05, 0) is 40.0 Å². The van der Waals surface area contributed by atoms with Crippen LogP contribution < -0.4 is 10.9 Å². The van der Waals surface area contributed by atoms with Crippen molar-refractivity contribution in [3.05, 3.63) is 27.4 Å². The Hall–Kier alpha value is -1.20. The van der Waals surface area contributed by atoms with Crippen LogP contribution in [0.15, 0.2) is 4.79 Å². The number of aromatic nitrogens is 2. The zero-order valence-corrected chi connectivity index (χ0v) is 12.1. The molecule has 1 aromatic heterocycles. The van der Waals surface area contributed by atoms with Crippen LogP contribution in [0.4, 0.5) is 0 Å². The Morgan fingerprint density at radius 1 is 1.42 bits per heavy atom. The van der Waals surface area contributed by atoms with Crippen molar-refractivity contribution in [3.8, 4) is 0 Å². The van der Waals surface area contributed by atoms with Gasteiger partial charge >= 0.3 is 0 Å². The van der Waals surface area contributed by atoms with Crippen LogP contribution >= 0.6 is 0 Å². The predicted octanol–water partition coefficient (Wildman–Crippen LogP) is 1.60. The molecule has 1 aliphatic rings. The van der Waals surface area contributed by atoms with E-state index in [0.717, 1.165) is 24.1 Å². The van der Waals surface area contributed by atoms with E-state index in [1.807, 2.05) is 13.8 Å². The summed E-state index contributed by atoms with van der Waals surface area (Å²) in [6.45, 7) is 5.70. The highest BCUT2D eigenvalue weighted by atomic mass is 16.5. The van der Waals surface area contributed by atoms with Gasteiger partial charge in [0.25, 0.3) is 5.56 Å². The first-order valence-electron chi connectivity index (χ1n) is 6.89. The molecule has 0 amide bonds. The van der Waals surface area contributed by atoms with Gasteiger partial charge in [0.1, 0.15) is 5.82 Å². The average molecular weight is 265 g/mol. The van der Waals surface area contributed by atoms with Gasteiger partial charge in [-0.25, -0.2) is 4.98 Å². The highest BCUT2D eigenvalue weighted by Gasteiger charge is 2.29. The number of H-pyrrole nitrogens is 1. The third-order valence-corrected chi connectivity index (χ3v) is 3.92. The topological polar surface area (TPSA) is 67.0 Å². The largest absolute Gasteiger partial charge is 0.380 e. The zero-order chi connectivity index (χ0) is 14.0. The van der Waals surface area contributed by atoms with Gasteiger partial charge in [-0.3, -0.25) is 4.79 Å². The fraction of sp³-hybridized carbons (Fsp3) is 0.714. The van der Waals surface area contributed by atoms with Crippen molar-refractivity contribution in [3.63, 3.8) is 0 Å². The summed E-state index contributed by atoms with van der Waals surface area (Å²) in [4.78, 5) is 19.2. The van der Waals surface area contributed by atoms with Gasteiger partial charge in [0.2, 0.25) is 0 Å². The molecule has 5 heteroatoms. The van der Waals surface area contributed by atoms with Crippen LogP contribution in [0, 0.1) is 13.8 Å². The maximum Gasteiger partial charge on any atom is 0.255 e. The molecule has 106 valence electrons. The molecule has 2 N–H and O–H groups in total. The second-order valence-corrected chi connectivity index (χ2v) is 5.35. The molecule has 1 aromatic rings. The van der Waals surface area contributed by atoms with Gasteiger partial charge < -0.3 is 15.0 Å². The SMILES string of the molecule is COC1CCCC1NC(C)c1c(C)nc(C)[nH]c1=O. The highest BCUT2D eigenvalue weighted by molar-refractivity contribution is 5.20. The molecule has 1 fully saturated rings. The third kappa shape index (κ3) is 3.04. The lowest BCUT2D eigenvalue weighted by molar-refractivity contribution is 0.0818. The Kier molecular flexibility index (Phi) is 4.37. The predicted molar refractivity (Wildman–Crippen MR) is 74.3 cm³/mol. The molecular weight excluding hydrogens is 242 g/mol. The molecule has 0 spiro atoms. The van der Waals surface area contributed by atoms with Gasteiger partial charge in [-0.15, -0.1) is 0 Å². The molecule has 5 nitrogen and oxygen atoms in total. The molecule has 1 heterocycles. The zero-order valence-electron chi connectivity index (χ0n) is 12.1. The minimum Gasteiger partial charge on any atom is -0.380 e. The quantitative estimate of drug-likeness (QED) is 0.868. The minimum atomic E-state index is -0.0445. The maximum atomic E-state index is 12.1. The Morgan fingerprint density at radius 3 is 2.79 bits per heavy atom. The smallest absolute Gasteiger partial charge is 0.255 e. The lowest BCUT2D eigenvalue weighted by atomic mass is 10.1. The summed E-state index contributed by atoms with van der Waals surface area (Å²) in [7, 11) is 1.75. The molecule has 1 saturated carbocycles. The summed E-state index contributed by atoms with van der Waals surface area (Å²) >= 11 is 0. The Balaban J connectivity index is 2.16. The first-order chi connectivity index (χ1) is 9.02. The molecule has 3 atom stereocenters. The van der Waals surface area contributed by atoms with E-state index >= 15 is 0 Å². The van der Waals surface area contributed by atoms with E-state index in [-0.39, 0.29) is 17.7 Å². The molecule has 0 radical (unpaired) electrons. The number of nitrogens with zero attached hydrogens (tertiary/aromatic N) is 1. The van der Waals surface area contributed by atoms with Gasteiger partial charge in [0, 0.05) is 24.9 Å². The van der Waals surface area contributed by atoms with E-state index in [0.29, 0.717) is 11.9 Å². The van der Waals surface area contributed by atoms with Crippen molar-refractivity contribution in [2.24, 2.45) is 0 Å². The number of aromatic amines is 1. The fourth-order valence-electron chi connectivity index (χ4n) is 3.05. The number of methoxy groups -OCH3 is 1. The summed E-state index contributed by atoms with van der Waals surface area (Å²) in [5, 5.41) is 3.51. The monoisotopic (exact) mass is 265 g/mol. The summed E-state index contributed by atoms with van der Waals surface area (Å²) in [6, 6.07) is 0.303. The number of aryl methyl sites for hydroxylation is 2. The lowest BCUT2D eigenvalue weighted by Gasteiger charge is -2.24. The van der Waals surface area contributed by atoms with E-state index in [1.54, 1.807) is 14.0 Å². The van der Waals surface area contributed by atoms with Crippen LogP contribution in [-0.4, -0.2) is 29.2 Å². The number of nitrogens with one attached hydrogen (secondary N) is 2. The van der Waals surface area contributed by atoms with Gasteiger partial charge in [0.15, 0.2) is 0 Å². The van der Waals surface area contributed by atoms with Crippen molar-refractivity contribution in [2.45, 2.75) is 58.2 Å². The van der Waals surface area contributed by atoms with Crippen LogP contribution in [0.5, 0.6) is 0 Å². The first-order valence-corrected chi connectivity index (χ1v) is 6.89. The summed E-state index contributed by atoms with van der Waals surface area (Å²) < 4.78 is 5.48. The fourth-order valence-corrected chi connectivity index (χ4v) is 3.05. The van der Waals surface area contributed by atoms with Gasteiger partial charge in [0.05, 0.1) is 11.7 Å². The molecule has 2 rings (SSSR count). The molecular formula is C14H23N3O2. The van der Waals surface area contributed by atoms with Crippen molar-refractivity contribution in [1.82, 2.24) is 15.3 Å². The Morgan fingerprint density at radius 2 is 2.16 bits per heavy atom. The Bertz CT molecular complexity index is 498.